The first-order valence-corrected chi connectivity index (χ1v) is 30.7. The van der Waals surface area contributed by atoms with Crippen LogP contribution in [-0.2, 0) is 73.6 Å². The second-order valence-corrected chi connectivity index (χ2v) is 27.9. The smallest absolute Gasteiger partial charge is 0.148 e. The first-order chi connectivity index (χ1) is 42.0. The molecule has 8 aromatic carbocycles. The third kappa shape index (κ3) is 13.5. The van der Waals surface area contributed by atoms with Crippen LogP contribution in [0.4, 0.5) is 0 Å². The lowest BCUT2D eigenvalue weighted by Gasteiger charge is -2.29. The van der Waals surface area contributed by atoms with Crippen molar-refractivity contribution in [3.05, 3.63) is 235 Å². The van der Waals surface area contributed by atoms with Gasteiger partial charge in [0.25, 0.3) is 0 Å². The van der Waals surface area contributed by atoms with Crippen molar-refractivity contribution in [2.75, 3.05) is 13.2 Å². The molecule has 11 rings (SSSR count). The number of terminal acetylenes is 2. The summed E-state index contributed by atoms with van der Waals surface area (Å²) in [6, 6.07) is 48.2. The quantitative estimate of drug-likeness (QED) is 0.0993. The van der Waals surface area contributed by atoms with E-state index in [1.165, 1.54) is 43.8 Å². The van der Waals surface area contributed by atoms with Gasteiger partial charge in [-0.25, -0.2) is 9.36 Å². The molecule has 88 heavy (non-hydrogen) atoms. The van der Waals surface area contributed by atoms with E-state index >= 15 is 0 Å². The third-order valence-corrected chi connectivity index (χ3v) is 16.9. The predicted molar refractivity (Wildman–Crippen MR) is 355 cm³/mol. The Morgan fingerprint density at radius 2 is 0.670 bits per heavy atom. The number of benzene rings is 8. The van der Waals surface area contributed by atoms with Gasteiger partial charge in [0.05, 0.1) is 25.5 Å². The molecule has 10 heteroatoms. The van der Waals surface area contributed by atoms with Gasteiger partial charge < -0.3 is 18.9 Å². The second-order valence-electron chi connectivity index (χ2n) is 27.9. The third-order valence-electron chi connectivity index (χ3n) is 16.9. The van der Waals surface area contributed by atoms with Crippen LogP contribution in [0.5, 0.6) is 23.0 Å². The normalized spacial score (nSPS) is 12.8. The van der Waals surface area contributed by atoms with Crippen LogP contribution in [-0.4, -0.2) is 43.2 Å². The van der Waals surface area contributed by atoms with Crippen molar-refractivity contribution in [2.45, 2.75) is 157 Å². The summed E-state index contributed by atoms with van der Waals surface area (Å²) in [7, 11) is 0. The minimum Gasteiger partial charge on any atom is -0.487 e. The Labute approximate surface area is 520 Å². The summed E-state index contributed by atoms with van der Waals surface area (Å²) in [6.45, 7) is 28.9. The van der Waals surface area contributed by atoms with E-state index in [0.717, 1.165) is 78.6 Å². The molecule has 10 nitrogen and oxygen atoms in total. The van der Waals surface area contributed by atoms with Crippen molar-refractivity contribution >= 4 is 21.5 Å². The molecule has 0 unspecified atom stereocenters. The zero-order valence-electron chi connectivity index (χ0n) is 53.4. The lowest BCUT2D eigenvalue weighted by molar-refractivity contribution is 0.294. The highest BCUT2D eigenvalue weighted by atomic mass is 16.5. The fraction of sp³-hybridized carbons (Fsp3) is 0.333. The summed E-state index contributed by atoms with van der Waals surface area (Å²) in [5.74, 6) is 8.67. The van der Waals surface area contributed by atoms with Crippen LogP contribution < -0.4 is 18.9 Å². The van der Waals surface area contributed by atoms with Gasteiger partial charge in [0.2, 0.25) is 0 Å². The molecule has 0 atom stereocenters. The lowest BCUT2D eigenvalue weighted by Crippen LogP contribution is -2.18. The molecule has 2 aromatic heterocycles. The van der Waals surface area contributed by atoms with Gasteiger partial charge in [0.15, 0.2) is 0 Å². The number of nitrogens with zero attached hydrogens (tertiary/aromatic N) is 6. The molecule has 0 aliphatic heterocycles. The van der Waals surface area contributed by atoms with Gasteiger partial charge in [0.1, 0.15) is 60.8 Å². The molecule has 2 heterocycles. The van der Waals surface area contributed by atoms with Gasteiger partial charge in [-0.2, -0.15) is 0 Å². The molecule has 10 aromatic rings. The van der Waals surface area contributed by atoms with E-state index in [1.807, 2.05) is 21.8 Å². The molecule has 8 bridgehead atoms. The first kappa shape index (κ1) is 60.6. The van der Waals surface area contributed by atoms with Crippen LogP contribution in [0, 0.1) is 24.7 Å². The second kappa shape index (κ2) is 24.6. The number of hydrogen-bond acceptors (Lipinski definition) is 8. The fourth-order valence-electron chi connectivity index (χ4n) is 12.1. The Morgan fingerprint density at radius 3 is 0.966 bits per heavy atom. The van der Waals surface area contributed by atoms with Crippen LogP contribution >= 0.6 is 0 Å². The molecule has 1 aliphatic carbocycles. The van der Waals surface area contributed by atoms with Gasteiger partial charge in [-0.3, -0.25) is 0 Å². The van der Waals surface area contributed by atoms with Crippen LogP contribution in [0.15, 0.2) is 146 Å². The van der Waals surface area contributed by atoms with Crippen molar-refractivity contribution in [1.29, 1.82) is 0 Å². The Kier molecular flexibility index (Phi) is 16.9. The average Bonchev–Trinajstić information content (AvgIpc) is 1.21. The molecule has 0 spiro atoms. The van der Waals surface area contributed by atoms with Crippen molar-refractivity contribution in [1.82, 2.24) is 30.0 Å². The molecule has 0 amide bonds. The molecule has 448 valence electrons. The molecule has 0 radical (unpaired) electrons. The molecule has 0 N–H and O–H groups in total. The minimum atomic E-state index is -0.248. The van der Waals surface area contributed by atoms with Crippen LogP contribution in [0.3, 0.4) is 0 Å². The monoisotopic (exact) mass is 1170 g/mol. The number of hydrogen-bond donors (Lipinski definition) is 0. The van der Waals surface area contributed by atoms with E-state index in [0.29, 0.717) is 50.2 Å². The lowest BCUT2D eigenvalue weighted by atomic mass is 9.79. The van der Waals surface area contributed by atoms with Crippen molar-refractivity contribution < 1.29 is 18.9 Å². The maximum Gasteiger partial charge on any atom is 0.148 e. The zero-order chi connectivity index (χ0) is 62.1. The number of ether oxygens (including phenoxy) is 4. The standard InChI is InChI=1S/C78H82N6O4/c1-15-31-85-71-55-33-59-41-65(77(9,10)11)43-61(73(59)87-49-67-47-83(81-79-67)45-53-27-21-25-51-23-17-19-29-69(51)53)35-57-39-64(76(6,7)8)40-58(72(57)86-32-16-2)36-62-44-66(78(12,13)14)42-60(34-56(71)38-63(37-55)75(3,4)5)74(62)88-50-68-48-84(82-80-68)46-54-28-22-26-52-24-18-20-30-70(52)54/h1-2,17-30,37-44,47-48H,31-36,45-46,49-50H2,3-14H3. The summed E-state index contributed by atoms with van der Waals surface area (Å²) >= 11 is 0. The molecule has 0 saturated heterocycles. The molecule has 1 aliphatic rings. The van der Waals surface area contributed by atoms with Crippen molar-refractivity contribution in [2.24, 2.45) is 0 Å². The van der Waals surface area contributed by atoms with E-state index in [4.69, 9.17) is 42.0 Å². The molecule has 0 saturated carbocycles. The SMILES string of the molecule is C#CCOc1c2cc(C(C)(C)C)cc1Cc1cc(C(C)(C)C)cc(c1OCc1cn(Cc3cccc4ccccc34)nn1)Cc1cc(C(C)(C)C)cc(c1OCC#C)Cc1cc(C(C)(C)C)cc(c1OCc1cn(Cc3cccc4ccccc34)nn1)C2. The highest BCUT2D eigenvalue weighted by Crippen LogP contribution is 2.45. The van der Waals surface area contributed by atoms with Crippen LogP contribution in [0.1, 0.15) is 172 Å². The van der Waals surface area contributed by atoms with Gasteiger partial charge in [0, 0.05) is 25.7 Å². The number of rotatable bonds is 14. The fourth-order valence-corrected chi connectivity index (χ4v) is 12.1. The number of fused-ring (bicyclic) bond motifs is 10. The molecular formula is C78H82N6O4. The van der Waals surface area contributed by atoms with Gasteiger partial charge in [-0.15, -0.1) is 23.0 Å². The Hall–Kier alpha value is -9.12. The van der Waals surface area contributed by atoms with Gasteiger partial charge >= 0.3 is 0 Å². The molecular weight excluding hydrogens is 1080 g/mol. The van der Waals surface area contributed by atoms with E-state index in [2.05, 4.69) is 239 Å². The van der Waals surface area contributed by atoms with Crippen molar-refractivity contribution in [3.63, 3.8) is 0 Å². The van der Waals surface area contributed by atoms with E-state index in [9.17, 15) is 0 Å². The van der Waals surface area contributed by atoms with Crippen molar-refractivity contribution in [3.8, 4) is 47.7 Å². The summed E-state index contributed by atoms with van der Waals surface area (Å²) in [5.41, 5.74) is 15.5. The summed E-state index contributed by atoms with van der Waals surface area (Å²) < 4.78 is 32.2. The maximum absolute atomic E-state index is 7.30. The van der Waals surface area contributed by atoms with Crippen LogP contribution in [0.2, 0.25) is 0 Å². The Balaban J connectivity index is 1.10. The molecule has 0 fully saturated rings. The van der Waals surface area contributed by atoms with Gasteiger partial charge in [-0.1, -0.05) is 239 Å². The zero-order valence-corrected chi connectivity index (χ0v) is 53.4. The Morgan fingerprint density at radius 1 is 0.386 bits per heavy atom. The summed E-state index contributed by atoms with van der Waals surface area (Å²) in [4.78, 5) is 0. The van der Waals surface area contributed by atoms with E-state index in [1.54, 1.807) is 0 Å². The summed E-state index contributed by atoms with van der Waals surface area (Å²) in [6.07, 6.45) is 18.1. The maximum atomic E-state index is 7.30. The largest absolute Gasteiger partial charge is 0.487 e. The predicted octanol–water partition coefficient (Wildman–Crippen LogP) is 16.3. The topological polar surface area (TPSA) is 98.3 Å². The van der Waals surface area contributed by atoms with E-state index in [-0.39, 0.29) is 48.1 Å². The summed E-state index contributed by atoms with van der Waals surface area (Å²) in [5, 5.41) is 23.5. The number of aromatic nitrogens is 6. The highest BCUT2D eigenvalue weighted by Gasteiger charge is 2.30. The van der Waals surface area contributed by atoms with Crippen LogP contribution in [0.25, 0.3) is 21.5 Å². The van der Waals surface area contributed by atoms with E-state index < -0.39 is 0 Å². The highest BCUT2D eigenvalue weighted by molar-refractivity contribution is 5.86. The minimum absolute atomic E-state index is 0.0796. The average molecular weight is 1170 g/mol. The Bertz CT molecular complexity index is 3930. The van der Waals surface area contributed by atoms with Gasteiger partial charge in [-0.05, 0) is 121 Å². The first-order valence-electron chi connectivity index (χ1n) is 30.7.